The average molecular weight is 568 g/mol. The van der Waals surface area contributed by atoms with Crippen molar-refractivity contribution in [1.29, 1.82) is 0 Å². The Morgan fingerprint density at radius 2 is 1.26 bits per heavy atom. The van der Waals surface area contributed by atoms with Crippen LogP contribution in [0.1, 0.15) is 129 Å². The van der Waals surface area contributed by atoms with Crippen LogP contribution in [0.2, 0.25) is 0 Å². The van der Waals surface area contributed by atoms with Crippen LogP contribution in [0, 0.1) is 0 Å². The van der Waals surface area contributed by atoms with E-state index in [2.05, 4.69) is 19.2 Å². The van der Waals surface area contributed by atoms with Gasteiger partial charge in [-0.3, -0.25) is 14.2 Å². The SMILES string of the molecule is CCCCCCCCCCCCCCCC(=O)N[C@H](Cc1ccc(OCCCCC)cc1)C(=O)CP(=O)(O)O. The third kappa shape index (κ3) is 19.9. The molecule has 0 aliphatic carbocycles. The first-order chi connectivity index (χ1) is 18.7. The number of unbranched alkanes of at least 4 members (excludes halogenated alkanes) is 14. The summed E-state index contributed by atoms with van der Waals surface area (Å²) in [7, 11) is -4.52. The van der Waals surface area contributed by atoms with Gasteiger partial charge in [0, 0.05) is 6.42 Å². The van der Waals surface area contributed by atoms with Gasteiger partial charge in [-0.2, -0.15) is 0 Å². The van der Waals surface area contributed by atoms with Crippen molar-refractivity contribution in [2.75, 3.05) is 12.8 Å². The van der Waals surface area contributed by atoms with Crippen LogP contribution in [0.4, 0.5) is 0 Å². The van der Waals surface area contributed by atoms with Crippen LogP contribution in [-0.2, 0) is 20.6 Å². The van der Waals surface area contributed by atoms with Crippen molar-refractivity contribution < 1.29 is 28.7 Å². The number of ether oxygens (including phenoxy) is 1. The number of rotatable bonds is 25. The number of benzene rings is 1. The van der Waals surface area contributed by atoms with E-state index in [-0.39, 0.29) is 12.3 Å². The summed E-state index contributed by atoms with van der Waals surface area (Å²) in [6, 6.07) is 6.32. The van der Waals surface area contributed by atoms with E-state index in [1.54, 1.807) is 0 Å². The lowest BCUT2D eigenvalue weighted by Crippen LogP contribution is -2.43. The Balaban J connectivity index is 2.38. The number of ketones is 1. The van der Waals surface area contributed by atoms with Gasteiger partial charge in [-0.05, 0) is 37.0 Å². The van der Waals surface area contributed by atoms with Crippen molar-refractivity contribution in [2.45, 2.75) is 135 Å². The van der Waals surface area contributed by atoms with E-state index in [1.807, 2.05) is 24.3 Å². The molecular formula is C31H54NO6P. The fraction of sp³-hybridized carbons (Fsp3) is 0.742. The molecule has 3 N–H and O–H groups in total. The lowest BCUT2D eigenvalue weighted by Gasteiger charge is -2.18. The predicted octanol–water partition coefficient (Wildman–Crippen LogP) is 7.51. The molecule has 8 heteroatoms. The van der Waals surface area contributed by atoms with Crippen LogP contribution >= 0.6 is 7.60 Å². The summed E-state index contributed by atoms with van der Waals surface area (Å²) in [4.78, 5) is 43.8. The topological polar surface area (TPSA) is 113 Å². The molecule has 1 atom stereocenters. The summed E-state index contributed by atoms with van der Waals surface area (Å²) >= 11 is 0. The van der Waals surface area contributed by atoms with Gasteiger partial charge in [-0.15, -0.1) is 0 Å². The van der Waals surface area contributed by atoms with Crippen molar-refractivity contribution in [3.8, 4) is 5.75 Å². The fourth-order valence-corrected chi connectivity index (χ4v) is 5.25. The van der Waals surface area contributed by atoms with E-state index >= 15 is 0 Å². The molecule has 0 fully saturated rings. The number of hydrogen-bond acceptors (Lipinski definition) is 4. The maximum atomic E-state index is 12.6. The highest BCUT2D eigenvalue weighted by molar-refractivity contribution is 7.52. The molecule has 0 saturated heterocycles. The Labute approximate surface area is 237 Å². The van der Waals surface area contributed by atoms with Crippen LogP contribution in [0.15, 0.2) is 24.3 Å². The molecule has 0 aliphatic heterocycles. The molecule has 0 heterocycles. The van der Waals surface area contributed by atoms with Crippen LogP contribution in [0.5, 0.6) is 5.75 Å². The highest BCUT2D eigenvalue weighted by Crippen LogP contribution is 2.34. The molecule has 0 unspecified atom stereocenters. The van der Waals surface area contributed by atoms with E-state index in [9.17, 15) is 23.9 Å². The molecule has 1 aromatic carbocycles. The molecule has 0 aliphatic rings. The van der Waals surface area contributed by atoms with E-state index < -0.39 is 25.6 Å². The Kier molecular flexibility index (Phi) is 20.0. The summed E-state index contributed by atoms with van der Waals surface area (Å²) in [6.45, 7) is 5.02. The van der Waals surface area contributed by atoms with Crippen molar-refractivity contribution in [3.05, 3.63) is 29.8 Å². The monoisotopic (exact) mass is 567 g/mol. The van der Waals surface area contributed by atoms with E-state index in [4.69, 9.17) is 4.74 Å². The van der Waals surface area contributed by atoms with Crippen LogP contribution in [-0.4, -0.2) is 40.3 Å². The van der Waals surface area contributed by atoms with Crippen LogP contribution < -0.4 is 10.1 Å². The first-order valence-electron chi connectivity index (χ1n) is 15.3. The largest absolute Gasteiger partial charge is 0.494 e. The Hall–Kier alpha value is -1.69. The first kappa shape index (κ1) is 35.3. The molecule has 1 rings (SSSR count). The maximum Gasteiger partial charge on any atom is 0.333 e. The maximum absolute atomic E-state index is 12.6. The highest BCUT2D eigenvalue weighted by Gasteiger charge is 2.27. The minimum atomic E-state index is -4.52. The van der Waals surface area contributed by atoms with E-state index in [0.717, 1.165) is 49.8 Å². The quantitative estimate of drug-likeness (QED) is 0.0832. The van der Waals surface area contributed by atoms with Gasteiger partial charge in [-0.1, -0.05) is 116 Å². The zero-order valence-corrected chi connectivity index (χ0v) is 25.4. The van der Waals surface area contributed by atoms with Crippen LogP contribution in [0.3, 0.4) is 0 Å². The zero-order valence-electron chi connectivity index (χ0n) is 24.5. The first-order valence-corrected chi connectivity index (χ1v) is 17.1. The zero-order chi connectivity index (χ0) is 28.8. The van der Waals surface area contributed by atoms with Crippen molar-refractivity contribution in [1.82, 2.24) is 5.32 Å². The van der Waals surface area contributed by atoms with E-state index in [0.29, 0.717) is 13.0 Å². The summed E-state index contributed by atoms with van der Waals surface area (Å²) < 4.78 is 17.1. The normalized spacial score (nSPS) is 12.3. The third-order valence-electron chi connectivity index (χ3n) is 6.97. The molecule has 224 valence electrons. The number of nitrogens with one attached hydrogen (secondary N) is 1. The summed E-state index contributed by atoms with van der Waals surface area (Å²) in [5, 5.41) is 2.73. The molecule has 39 heavy (non-hydrogen) atoms. The van der Waals surface area contributed by atoms with E-state index in [1.165, 1.54) is 64.2 Å². The van der Waals surface area contributed by atoms with Crippen molar-refractivity contribution >= 4 is 19.3 Å². The third-order valence-corrected chi connectivity index (χ3v) is 7.70. The molecule has 1 aromatic rings. The fourth-order valence-electron chi connectivity index (χ4n) is 4.63. The molecule has 0 saturated carbocycles. The highest BCUT2D eigenvalue weighted by atomic mass is 31.2. The minimum absolute atomic E-state index is 0.180. The number of Topliss-reactive ketones (excluding diaryl/α,β-unsaturated/α-hetero) is 1. The molecular weight excluding hydrogens is 513 g/mol. The summed E-state index contributed by atoms with van der Waals surface area (Å²) in [5.74, 6) is -0.167. The smallest absolute Gasteiger partial charge is 0.333 e. The van der Waals surface area contributed by atoms with Gasteiger partial charge in [0.1, 0.15) is 11.9 Å². The molecule has 0 bridgehead atoms. The van der Waals surface area contributed by atoms with Crippen LogP contribution in [0.25, 0.3) is 0 Å². The van der Waals surface area contributed by atoms with Gasteiger partial charge >= 0.3 is 7.60 Å². The average Bonchev–Trinajstić information content (AvgIpc) is 2.89. The number of carbonyl (C=O) groups is 2. The summed E-state index contributed by atoms with van der Waals surface area (Å²) in [6.07, 6.45) is 18.7. The number of amides is 1. The second-order valence-electron chi connectivity index (χ2n) is 10.8. The molecule has 0 radical (unpaired) electrons. The molecule has 0 aromatic heterocycles. The Bertz CT molecular complexity index is 823. The van der Waals surface area contributed by atoms with Gasteiger partial charge in [0.25, 0.3) is 0 Å². The summed E-state index contributed by atoms with van der Waals surface area (Å²) in [5.41, 5.74) is 0.793. The molecule has 7 nitrogen and oxygen atoms in total. The van der Waals surface area contributed by atoms with Gasteiger partial charge in [-0.25, -0.2) is 0 Å². The minimum Gasteiger partial charge on any atom is -0.494 e. The number of hydrogen-bond donors (Lipinski definition) is 3. The van der Waals surface area contributed by atoms with Gasteiger partial charge in [0.15, 0.2) is 5.78 Å². The van der Waals surface area contributed by atoms with Gasteiger partial charge < -0.3 is 19.8 Å². The van der Waals surface area contributed by atoms with Gasteiger partial charge in [0.2, 0.25) is 5.91 Å². The van der Waals surface area contributed by atoms with Crippen molar-refractivity contribution in [3.63, 3.8) is 0 Å². The lowest BCUT2D eigenvalue weighted by atomic mass is 10.0. The predicted molar refractivity (Wildman–Crippen MR) is 159 cm³/mol. The molecule has 0 spiro atoms. The van der Waals surface area contributed by atoms with Gasteiger partial charge in [0.05, 0.1) is 12.6 Å². The number of carbonyl (C=O) groups excluding carboxylic acids is 2. The Morgan fingerprint density at radius 1 is 0.769 bits per heavy atom. The second-order valence-corrected chi connectivity index (χ2v) is 12.5. The lowest BCUT2D eigenvalue weighted by molar-refractivity contribution is -0.126. The molecule has 1 amide bonds. The second kappa shape index (κ2) is 22.1. The van der Waals surface area contributed by atoms with Crippen molar-refractivity contribution in [2.24, 2.45) is 0 Å². The standard InChI is InChI=1S/C31H54NO6P/c1-3-5-7-8-9-10-11-12-13-14-15-16-17-19-31(34)32-29(30(33)26-39(35,36)37)25-27-20-22-28(23-21-27)38-24-18-6-4-2/h20-23,29H,3-19,24-26H2,1-2H3,(H,32,34)(H2,35,36,37)/t29-/m1/s1. The Morgan fingerprint density at radius 3 is 1.77 bits per heavy atom.